The predicted octanol–water partition coefficient (Wildman–Crippen LogP) is 4.24. The van der Waals surface area contributed by atoms with Crippen molar-refractivity contribution in [2.75, 3.05) is 39.3 Å². The summed E-state index contributed by atoms with van der Waals surface area (Å²) in [7, 11) is 0. The van der Waals surface area contributed by atoms with E-state index in [1.165, 1.54) is 23.6 Å². The number of fused-ring (bicyclic) bond motifs is 1. The van der Waals surface area contributed by atoms with E-state index in [-0.39, 0.29) is 5.91 Å². The Morgan fingerprint density at radius 3 is 2.47 bits per heavy atom. The molecule has 3 rings (SSSR count). The molecular weight excluding hydrogens is 370 g/mol. The molecule has 2 aromatic rings. The number of benzene rings is 2. The third-order valence-electron chi connectivity index (χ3n) is 6.13. The highest BCUT2D eigenvalue weighted by molar-refractivity contribution is 5.90. The van der Waals surface area contributed by atoms with Crippen LogP contribution in [0.5, 0.6) is 0 Å². The second-order valence-corrected chi connectivity index (χ2v) is 9.15. The van der Waals surface area contributed by atoms with Crippen LogP contribution in [0.25, 0.3) is 10.8 Å². The van der Waals surface area contributed by atoms with Crippen LogP contribution in [0, 0.1) is 11.8 Å². The third kappa shape index (κ3) is 7.10. The highest BCUT2D eigenvalue weighted by Crippen LogP contribution is 2.21. The van der Waals surface area contributed by atoms with Crippen LogP contribution in [-0.2, 0) is 11.2 Å². The Bertz CT molecular complexity index is 775. The molecule has 1 heterocycles. The van der Waals surface area contributed by atoms with E-state index >= 15 is 0 Å². The van der Waals surface area contributed by atoms with Crippen molar-refractivity contribution in [3.8, 4) is 0 Å². The normalized spacial score (nSPS) is 15.2. The molecule has 1 fully saturated rings. The molecule has 164 valence electrons. The van der Waals surface area contributed by atoms with Gasteiger partial charge in [0.25, 0.3) is 0 Å². The van der Waals surface area contributed by atoms with Crippen LogP contribution in [-0.4, -0.2) is 50.1 Å². The SMILES string of the molecule is CC(C)CNCCCCNCC1CCN(C(=O)Cc2cccc3ccccc23)CC1. The number of rotatable bonds is 11. The number of unbranched alkanes of at least 4 members (excludes halogenated alkanes) is 1. The molecule has 0 spiro atoms. The summed E-state index contributed by atoms with van der Waals surface area (Å²) in [6, 6.07) is 14.6. The van der Waals surface area contributed by atoms with Gasteiger partial charge in [0.1, 0.15) is 0 Å². The van der Waals surface area contributed by atoms with E-state index in [0.29, 0.717) is 12.3 Å². The lowest BCUT2D eigenvalue weighted by Gasteiger charge is -2.32. The number of piperidine rings is 1. The average molecular weight is 410 g/mol. The lowest BCUT2D eigenvalue weighted by molar-refractivity contribution is -0.131. The molecule has 30 heavy (non-hydrogen) atoms. The molecule has 2 aromatic carbocycles. The van der Waals surface area contributed by atoms with Gasteiger partial charge in [0, 0.05) is 13.1 Å². The summed E-state index contributed by atoms with van der Waals surface area (Å²) in [5.74, 6) is 1.70. The molecule has 0 aliphatic carbocycles. The second-order valence-electron chi connectivity index (χ2n) is 9.15. The first-order valence-electron chi connectivity index (χ1n) is 11.8. The van der Waals surface area contributed by atoms with E-state index in [1.807, 2.05) is 0 Å². The molecule has 0 atom stereocenters. The number of nitrogens with zero attached hydrogens (tertiary/aromatic N) is 1. The van der Waals surface area contributed by atoms with Gasteiger partial charge in [-0.05, 0) is 80.0 Å². The van der Waals surface area contributed by atoms with Crippen molar-refractivity contribution in [1.82, 2.24) is 15.5 Å². The summed E-state index contributed by atoms with van der Waals surface area (Å²) < 4.78 is 0. The van der Waals surface area contributed by atoms with E-state index in [1.54, 1.807) is 0 Å². The van der Waals surface area contributed by atoms with Crippen molar-refractivity contribution in [1.29, 1.82) is 0 Å². The van der Waals surface area contributed by atoms with E-state index in [9.17, 15) is 4.79 Å². The standard InChI is InChI=1S/C26H39N3O/c1-21(2)19-27-14-5-6-15-28-20-22-12-16-29(17-13-22)26(30)18-24-10-7-9-23-8-3-4-11-25(23)24/h3-4,7-11,21-22,27-28H,5-6,12-20H2,1-2H3. The van der Waals surface area contributed by atoms with Gasteiger partial charge in [0.2, 0.25) is 5.91 Å². The van der Waals surface area contributed by atoms with E-state index < -0.39 is 0 Å². The number of hydrogen-bond donors (Lipinski definition) is 2. The largest absolute Gasteiger partial charge is 0.342 e. The monoisotopic (exact) mass is 409 g/mol. The molecule has 1 aliphatic heterocycles. The summed E-state index contributed by atoms with van der Waals surface area (Å²) >= 11 is 0. The predicted molar refractivity (Wildman–Crippen MR) is 127 cm³/mol. The van der Waals surface area contributed by atoms with Crippen LogP contribution in [0.4, 0.5) is 0 Å². The molecule has 4 nitrogen and oxygen atoms in total. The minimum absolute atomic E-state index is 0.270. The number of carbonyl (C=O) groups is 1. The van der Waals surface area contributed by atoms with Gasteiger partial charge in [-0.1, -0.05) is 56.3 Å². The number of nitrogens with one attached hydrogen (secondary N) is 2. The van der Waals surface area contributed by atoms with Crippen molar-refractivity contribution in [2.24, 2.45) is 11.8 Å². The molecule has 0 aromatic heterocycles. The van der Waals surface area contributed by atoms with Gasteiger partial charge in [-0.15, -0.1) is 0 Å². The smallest absolute Gasteiger partial charge is 0.227 e. The summed E-state index contributed by atoms with van der Waals surface area (Å²) in [5.41, 5.74) is 1.14. The van der Waals surface area contributed by atoms with Crippen LogP contribution >= 0.6 is 0 Å². The highest BCUT2D eigenvalue weighted by atomic mass is 16.2. The molecular formula is C26H39N3O. The first-order valence-corrected chi connectivity index (χ1v) is 11.8. The van der Waals surface area contributed by atoms with Gasteiger partial charge in [0.05, 0.1) is 6.42 Å². The third-order valence-corrected chi connectivity index (χ3v) is 6.13. The van der Waals surface area contributed by atoms with Gasteiger partial charge in [-0.25, -0.2) is 0 Å². The van der Waals surface area contributed by atoms with Crippen LogP contribution in [0.2, 0.25) is 0 Å². The van der Waals surface area contributed by atoms with E-state index in [4.69, 9.17) is 0 Å². The molecule has 2 N–H and O–H groups in total. The van der Waals surface area contributed by atoms with Crippen molar-refractivity contribution >= 4 is 16.7 Å². The highest BCUT2D eigenvalue weighted by Gasteiger charge is 2.22. The summed E-state index contributed by atoms with van der Waals surface area (Å²) in [6.45, 7) is 10.7. The number of hydrogen-bond acceptors (Lipinski definition) is 3. The lowest BCUT2D eigenvalue weighted by Crippen LogP contribution is -2.41. The van der Waals surface area contributed by atoms with Crippen molar-refractivity contribution in [3.63, 3.8) is 0 Å². The maximum absolute atomic E-state index is 12.8. The van der Waals surface area contributed by atoms with Crippen LogP contribution in [0.15, 0.2) is 42.5 Å². The van der Waals surface area contributed by atoms with Gasteiger partial charge < -0.3 is 15.5 Å². The van der Waals surface area contributed by atoms with Gasteiger partial charge in [0.15, 0.2) is 0 Å². The van der Waals surface area contributed by atoms with Crippen LogP contribution in [0.3, 0.4) is 0 Å². The molecule has 1 amide bonds. The number of amides is 1. The van der Waals surface area contributed by atoms with Crippen LogP contribution < -0.4 is 10.6 Å². The molecule has 0 bridgehead atoms. The van der Waals surface area contributed by atoms with E-state index in [0.717, 1.165) is 63.6 Å². The first-order chi connectivity index (χ1) is 14.6. The minimum Gasteiger partial charge on any atom is -0.342 e. The first kappa shape index (κ1) is 22.8. The zero-order valence-corrected chi connectivity index (χ0v) is 18.8. The molecule has 1 aliphatic rings. The summed E-state index contributed by atoms with van der Waals surface area (Å²) in [4.78, 5) is 14.9. The summed E-state index contributed by atoms with van der Waals surface area (Å²) in [5, 5.41) is 9.54. The fourth-order valence-electron chi connectivity index (χ4n) is 4.30. The molecule has 0 saturated carbocycles. The van der Waals surface area contributed by atoms with Crippen LogP contribution in [0.1, 0.15) is 45.1 Å². The Morgan fingerprint density at radius 2 is 1.70 bits per heavy atom. The fraction of sp³-hybridized carbons (Fsp3) is 0.577. The van der Waals surface area contributed by atoms with Gasteiger partial charge in [-0.3, -0.25) is 4.79 Å². The maximum Gasteiger partial charge on any atom is 0.227 e. The minimum atomic E-state index is 0.270. The summed E-state index contributed by atoms with van der Waals surface area (Å²) in [6.07, 6.45) is 5.21. The van der Waals surface area contributed by atoms with E-state index in [2.05, 4.69) is 71.8 Å². The van der Waals surface area contributed by atoms with Crippen molar-refractivity contribution < 1.29 is 4.79 Å². The average Bonchev–Trinajstić information content (AvgIpc) is 2.76. The van der Waals surface area contributed by atoms with Crippen molar-refractivity contribution in [3.05, 3.63) is 48.0 Å². The maximum atomic E-state index is 12.8. The molecule has 4 heteroatoms. The Balaban J connectivity index is 1.32. The number of carbonyl (C=O) groups excluding carboxylic acids is 1. The Kier molecular flexibility index (Phi) is 9.16. The lowest BCUT2D eigenvalue weighted by atomic mass is 9.95. The molecule has 1 saturated heterocycles. The quantitative estimate of drug-likeness (QED) is 0.546. The topological polar surface area (TPSA) is 44.4 Å². The van der Waals surface area contributed by atoms with Gasteiger partial charge in [-0.2, -0.15) is 0 Å². The Morgan fingerprint density at radius 1 is 1.00 bits per heavy atom. The number of likely N-dealkylation sites (tertiary alicyclic amines) is 1. The Hall–Kier alpha value is -1.91. The molecule has 0 radical (unpaired) electrons. The molecule has 0 unspecified atom stereocenters. The fourth-order valence-corrected chi connectivity index (χ4v) is 4.30. The van der Waals surface area contributed by atoms with Gasteiger partial charge >= 0.3 is 0 Å². The zero-order chi connectivity index (χ0) is 21.2. The zero-order valence-electron chi connectivity index (χ0n) is 18.8. The Labute approximate surface area is 182 Å². The van der Waals surface area contributed by atoms with Crippen molar-refractivity contribution in [2.45, 2.75) is 46.0 Å². The second kappa shape index (κ2) is 12.1.